The molecule has 2 N–H and O–H groups in total. The van der Waals surface area contributed by atoms with Crippen molar-refractivity contribution >= 4 is 17.6 Å². The van der Waals surface area contributed by atoms with E-state index in [9.17, 15) is 0 Å². The summed E-state index contributed by atoms with van der Waals surface area (Å²) in [4.78, 5) is 1.22. The molecule has 0 saturated carbocycles. The van der Waals surface area contributed by atoms with E-state index in [0.717, 1.165) is 11.1 Å². The van der Waals surface area contributed by atoms with Gasteiger partial charge in [0, 0.05) is 4.90 Å². The molecule has 0 amide bonds. The van der Waals surface area contributed by atoms with Crippen LogP contribution in [0.2, 0.25) is 0 Å². The van der Waals surface area contributed by atoms with Crippen LogP contribution in [0.15, 0.2) is 27.7 Å². The second-order valence-electron chi connectivity index (χ2n) is 3.72. The van der Waals surface area contributed by atoms with Crippen molar-refractivity contribution in [2.24, 2.45) is 0 Å². The van der Waals surface area contributed by atoms with E-state index in [0.29, 0.717) is 5.88 Å². The lowest BCUT2D eigenvalue weighted by atomic mass is 9.99. The number of thioether (sulfide) groups is 1. The second kappa shape index (κ2) is 4.22. The van der Waals surface area contributed by atoms with E-state index >= 15 is 0 Å². The zero-order valence-electron chi connectivity index (χ0n) is 9.57. The molecule has 0 radical (unpaired) electrons. The summed E-state index contributed by atoms with van der Waals surface area (Å²) in [5.74, 6) is 0.376. The van der Waals surface area contributed by atoms with Crippen LogP contribution in [0.4, 0.5) is 5.88 Å². The summed E-state index contributed by atoms with van der Waals surface area (Å²) < 4.78 is 4.91. The highest BCUT2D eigenvalue weighted by Gasteiger charge is 2.12. The van der Waals surface area contributed by atoms with Crippen LogP contribution >= 0.6 is 11.8 Å². The Morgan fingerprint density at radius 3 is 2.56 bits per heavy atom. The first-order chi connectivity index (χ1) is 7.63. The molecule has 0 spiro atoms. The lowest BCUT2D eigenvalue weighted by Gasteiger charge is -2.09. The van der Waals surface area contributed by atoms with E-state index in [2.05, 4.69) is 37.4 Å². The molecule has 2 rings (SSSR count). The van der Waals surface area contributed by atoms with Crippen molar-refractivity contribution in [2.75, 3.05) is 12.0 Å². The Morgan fingerprint density at radius 2 is 2.00 bits per heavy atom. The number of benzene rings is 1. The molecule has 3 nitrogen and oxygen atoms in total. The largest absolute Gasteiger partial charge is 0.367 e. The van der Waals surface area contributed by atoms with Gasteiger partial charge in [-0.3, -0.25) is 0 Å². The van der Waals surface area contributed by atoms with E-state index < -0.39 is 0 Å². The fraction of sp³-hybridized carbons (Fsp3) is 0.250. The van der Waals surface area contributed by atoms with Crippen LogP contribution < -0.4 is 5.73 Å². The fourth-order valence-corrected chi connectivity index (χ4v) is 2.21. The number of nitrogens with two attached hydrogens (primary N) is 1. The van der Waals surface area contributed by atoms with Crippen LogP contribution in [-0.4, -0.2) is 11.4 Å². The molecule has 0 aliphatic heterocycles. The molecule has 0 bridgehead atoms. The summed E-state index contributed by atoms with van der Waals surface area (Å²) >= 11 is 1.72. The first-order valence-electron chi connectivity index (χ1n) is 4.99. The standard InChI is InChI=1S/C12H14N2OS/c1-7-4-9(16-3)5-10(8(7)2)11-6-14-15-12(11)13/h4-6H,13H2,1-3H3. The highest BCUT2D eigenvalue weighted by Crippen LogP contribution is 2.33. The van der Waals surface area contributed by atoms with Gasteiger partial charge in [0.05, 0.1) is 11.8 Å². The minimum absolute atomic E-state index is 0.376. The first kappa shape index (κ1) is 11.1. The minimum atomic E-state index is 0.376. The topological polar surface area (TPSA) is 52.0 Å². The maximum absolute atomic E-state index is 5.75. The van der Waals surface area contributed by atoms with Crippen LogP contribution in [0.25, 0.3) is 11.1 Å². The van der Waals surface area contributed by atoms with Crippen LogP contribution in [0, 0.1) is 13.8 Å². The molecule has 1 aromatic carbocycles. The van der Waals surface area contributed by atoms with Gasteiger partial charge in [-0.1, -0.05) is 5.16 Å². The van der Waals surface area contributed by atoms with Gasteiger partial charge in [-0.15, -0.1) is 11.8 Å². The molecule has 2 aromatic rings. The maximum Gasteiger partial charge on any atom is 0.229 e. The summed E-state index contributed by atoms with van der Waals surface area (Å²) in [6.45, 7) is 4.18. The summed E-state index contributed by atoms with van der Waals surface area (Å²) in [7, 11) is 0. The lowest BCUT2D eigenvalue weighted by Crippen LogP contribution is -1.91. The monoisotopic (exact) mass is 234 g/mol. The molecule has 1 aromatic heterocycles. The van der Waals surface area contributed by atoms with Crippen molar-refractivity contribution in [2.45, 2.75) is 18.7 Å². The summed E-state index contributed by atoms with van der Waals surface area (Å²) in [5, 5.41) is 3.72. The summed E-state index contributed by atoms with van der Waals surface area (Å²) in [5.41, 5.74) is 10.2. The van der Waals surface area contributed by atoms with E-state index in [-0.39, 0.29) is 0 Å². The predicted octanol–water partition coefficient (Wildman–Crippen LogP) is 3.26. The van der Waals surface area contributed by atoms with Gasteiger partial charge in [-0.25, -0.2) is 0 Å². The minimum Gasteiger partial charge on any atom is -0.367 e. The van der Waals surface area contributed by atoms with Crippen molar-refractivity contribution in [3.8, 4) is 11.1 Å². The van der Waals surface area contributed by atoms with Gasteiger partial charge < -0.3 is 10.3 Å². The maximum atomic E-state index is 5.75. The van der Waals surface area contributed by atoms with Crippen LogP contribution in [0.3, 0.4) is 0 Å². The Kier molecular flexibility index (Phi) is 2.92. The van der Waals surface area contributed by atoms with Crippen molar-refractivity contribution in [1.29, 1.82) is 0 Å². The molecule has 0 unspecified atom stereocenters. The Labute approximate surface area is 99.0 Å². The highest BCUT2D eigenvalue weighted by atomic mass is 32.2. The van der Waals surface area contributed by atoms with Crippen molar-refractivity contribution in [1.82, 2.24) is 5.16 Å². The van der Waals surface area contributed by atoms with Crippen molar-refractivity contribution < 1.29 is 4.52 Å². The predicted molar refractivity (Wildman–Crippen MR) is 67.6 cm³/mol. The van der Waals surface area contributed by atoms with Gasteiger partial charge in [-0.05, 0) is 48.9 Å². The van der Waals surface area contributed by atoms with Crippen LogP contribution in [0.5, 0.6) is 0 Å². The fourth-order valence-electron chi connectivity index (χ4n) is 1.67. The molecule has 0 atom stereocenters. The van der Waals surface area contributed by atoms with Gasteiger partial charge in [-0.2, -0.15) is 0 Å². The van der Waals surface area contributed by atoms with Crippen molar-refractivity contribution in [3.63, 3.8) is 0 Å². The molecular weight excluding hydrogens is 220 g/mol. The Bertz CT molecular complexity index is 520. The number of rotatable bonds is 2. The average Bonchev–Trinajstić information content (AvgIpc) is 2.68. The number of aryl methyl sites for hydroxylation is 1. The quantitative estimate of drug-likeness (QED) is 0.810. The Hall–Kier alpha value is -1.42. The number of anilines is 1. The smallest absolute Gasteiger partial charge is 0.229 e. The summed E-state index contributed by atoms with van der Waals surface area (Å²) in [6, 6.07) is 4.29. The zero-order valence-corrected chi connectivity index (χ0v) is 10.4. The second-order valence-corrected chi connectivity index (χ2v) is 4.60. The van der Waals surface area contributed by atoms with Gasteiger partial charge in [0.1, 0.15) is 0 Å². The van der Waals surface area contributed by atoms with Crippen LogP contribution in [-0.2, 0) is 0 Å². The third kappa shape index (κ3) is 1.80. The molecule has 1 heterocycles. The number of aromatic nitrogens is 1. The Balaban J connectivity index is 2.64. The van der Waals surface area contributed by atoms with Gasteiger partial charge >= 0.3 is 0 Å². The van der Waals surface area contributed by atoms with E-state index in [4.69, 9.17) is 10.3 Å². The van der Waals surface area contributed by atoms with Crippen LogP contribution in [0.1, 0.15) is 11.1 Å². The molecule has 0 saturated heterocycles. The molecular formula is C12H14N2OS. The van der Waals surface area contributed by atoms with Gasteiger partial charge in [0.25, 0.3) is 0 Å². The molecule has 4 heteroatoms. The molecule has 0 aliphatic rings. The van der Waals surface area contributed by atoms with E-state index in [1.165, 1.54) is 16.0 Å². The summed E-state index contributed by atoms with van der Waals surface area (Å²) in [6.07, 6.45) is 3.73. The zero-order chi connectivity index (χ0) is 11.7. The highest BCUT2D eigenvalue weighted by molar-refractivity contribution is 7.98. The lowest BCUT2D eigenvalue weighted by molar-refractivity contribution is 0.436. The Morgan fingerprint density at radius 1 is 1.25 bits per heavy atom. The first-order valence-corrected chi connectivity index (χ1v) is 6.21. The normalized spacial score (nSPS) is 10.7. The van der Waals surface area contributed by atoms with E-state index in [1.54, 1.807) is 18.0 Å². The molecule has 0 aliphatic carbocycles. The van der Waals surface area contributed by atoms with Gasteiger partial charge in [0.15, 0.2) is 0 Å². The third-order valence-corrected chi connectivity index (χ3v) is 3.47. The van der Waals surface area contributed by atoms with Crippen molar-refractivity contribution in [3.05, 3.63) is 29.5 Å². The molecule has 0 fully saturated rings. The SMILES string of the molecule is CSc1cc(C)c(C)c(-c2cnoc2N)c1. The number of nitrogen functional groups attached to an aromatic ring is 1. The number of nitrogens with zero attached hydrogens (tertiary/aromatic N) is 1. The van der Waals surface area contributed by atoms with Gasteiger partial charge in [0.2, 0.25) is 5.88 Å². The molecule has 16 heavy (non-hydrogen) atoms. The number of hydrogen-bond donors (Lipinski definition) is 1. The molecule has 84 valence electrons. The third-order valence-electron chi connectivity index (χ3n) is 2.77. The van der Waals surface area contributed by atoms with E-state index in [1.807, 2.05) is 0 Å². The average molecular weight is 234 g/mol. The number of hydrogen-bond acceptors (Lipinski definition) is 4.